The number of para-hydroxylation sites is 1. The van der Waals surface area contributed by atoms with Crippen molar-refractivity contribution in [1.82, 2.24) is 9.97 Å². The van der Waals surface area contributed by atoms with Crippen LogP contribution in [-0.4, -0.2) is 18.0 Å². The fourth-order valence-electron chi connectivity index (χ4n) is 9.01. The van der Waals surface area contributed by atoms with E-state index in [0.717, 1.165) is 68.3 Å². The van der Waals surface area contributed by atoms with Gasteiger partial charge in [0.15, 0.2) is 0 Å². The Bertz CT molecular complexity index is 2330. The Kier molecular flexibility index (Phi) is 13.2. The maximum absolute atomic E-state index is 6.42. The van der Waals surface area contributed by atoms with E-state index >= 15 is 0 Å². The van der Waals surface area contributed by atoms with E-state index in [0.29, 0.717) is 0 Å². The number of pyridine rings is 2. The summed E-state index contributed by atoms with van der Waals surface area (Å²) in [6.45, 7) is 7.30. The zero-order valence-electron chi connectivity index (χ0n) is 33.2. The van der Waals surface area contributed by atoms with Gasteiger partial charge in [-0.3, -0.25) is 0 Å². The molecule has 9 rings (SSSR count). The van der Waals surface area contributed by atoms with Crippen LogP contribution in [0.4, 0.5) is 0 Å². The number of hydrogen-bond acceptors (Lipinski definition) is 3. The van der Waals surface area contributed by atoms with Gasteiger partial charge in [-0.2, -0.15) is 0 Å². The molecule has 2 fully saturated rings. The summed E-state index contributed by atoms with van der Waals surface area (Å²) in [6, 6.07) is 42.7. The van der Waals surface area contributed by atoms with Crippen LogP contribution in [0.5, 0.6) is 0 Å². The van der Waals surface area contributed by atoms with Crippen molar-refractivity contribution in [3.8, 4) is 33.6 Å². The Morgan fingerprint density at radius 1 is 0.696 bits per heavy atom. The molecule has 4 aromatic carbocycles. The predicted octanol–water partition coefficient (Wildman–Crippen LogP) is 13.5. The fourth-order valence-corrected chi connectivity index (χ4v) is 10.6. The minimum absolute atomic E-state index is 0. The number of furan rings is 1. The fraction of sp³-hybridized carbons (Fsp3) is 0.333. The first-order valence-electron chi connectivity index (χ1n) is 20.7. The summed E-state index contributed by atoms with van der Waals surface area (Å²) >= 11 is 0. The van der Waals surface area contributed by atoms with Crippen molar-refractivity contribution >= 4 is 35.2 Å². The Hall–Kier alpha value is -4.15. The summed E-state index contributed by atoms with van der Waals surface area (Å²) in [5.74, 6) is 1.67. The van der Waals surface area contributed by atoms with Crippen LogP contribution in [0.1, 0.15) is 75.3 Å². The molecule has 1 radical (unpaired) electrons. The smallest absolute Gasteiger partial charge is 0.120 e. The van der Waals surface area contributed by atoms with Gasteiger partial charge in [0, 0.05) is 37.9 Å². The van der Waals surface area contributed by atoms with Gasteiger partial charge in [0.05, 0.1) is 13.7 Å². The monoisotopic (exact) mass is 931 g/mol. The minimum atomic E-state index is -1.36. The summed E-state index contributed by atoms with van der Waals surface area (Å²) in [5.41, 5.74) is 11.1. The molecule has 5 heteroatoms. The third kappa shape index (κ3) is 9.34. The van der Waals surface area contributed by atoms with Crippen LogP contribution in [0.2, 0.25) is 19.6 Å². The van der Waals surface area contributed by atoms with Crippen LogP contribution in [0, 0.1) is 24.0 Å². The average molecular weight is 931 g/mol. The van der Waals surface area contributed by atoms with E-state index in [-0.39, 0.29) is 20.1 Å². The SMILES string of the molecule is C[Si](C)(C)c1cnc(-c2[c-]cccc2)cc1CC1CCCCC1.[Ir].[c-]1cc(-c2ccccc2)c2c(oc3ccccc32)c1-c1cc(CC2CCCCC2)ccn1. The van der Waals surface area contributed by atoms with Gasteiger partial charge in [0.2, 0.25) is 0 Å². The maximum atomic E-state index is 6.42. The Labute approximate surface area is 348 Å². The molecule has 7 aromatic rings. The van der Waals surface area contributed by atoms with Crippen molar-refractivity contribution in [3.63, 3.8) is 0 Å². The Balaban J connectivity index is 0.000000178. The van der Waals surface area contributed by atoms with Crippen LogP contribution in [-0.2, 0) is 32.9 Å². The molecule has 0 saturated heterocycles. The largest absolute Gasteiger partial charge is 0.501 e. The quantitative estimate of drug-likeness (QED) is 0.113. The molecule has 0 spiro atoms. The van der Waals surface area contributed by atoms with Crippen molar-refractivity contribution in [2.45, 2.75) is 96.7 Å². The van der Waals surface area contributed by atoms with Gasteiger partial charge in [-0.1, -0.05) is 172 Å². The van der Waals surface area contributed by atoms with E-state index in [1.165, 1.54) is 81.8 Å². The minimum Gasteiger partial charge on any atom is -0.501 e. The van der Waals surface area contributed by atoms with E-state index < -0.39 is 8.07 Å². The molecule has 3 heterocycles. The van der Waals surface area contributed by atoms with Crippen molar-refractivity contribution in [2.75, 3.05) is 0 Å². The molecule has 0 unspecified atom stereocenters. The van der Waals surface area contributed by atoms with Gasteiger partial charge in [-0.25, -0.2) is 0 Å². The van der Waals surface area contributed by atoms with Gasteiger partial charge in [0.1, 0.15) is 5.58 Å². The number of fused-ring (bicyclic) bond motifs is 3. The number of aromatic nitrogens is 2. The first-order valence-corrected chi connectivity index (χ1v) is 24.2. The Morgan fingerprint density at radius 3 is 2.11 bits per heavy atom. The molecule has 2 aliphatic rings. The second kappa shape index (κ2) is 18.4. The van der Waals surface area contributed by atoms with E-state index in [1.54, 1.807) is 10.8 Å². The molecule has 3 aromatic heterocycles. The zero-order valence-corrected chi connectivity index (χ0v) is 36.6. The summed E-state index contributed by atoms with van der Waals surface area (Å²) in [7, 11) is -1.36. The molecule has 0 bridgehead atoms. The molecule has 56 heavy (non-hydrogen) atoms. The van der Waals surface area contributed by atoms with Gasteiger partial charge in [-0.15, -0.1) is 48.0 Å². The third-order valence-electron chi connectivity index (χ3n) is 11.9. The van der Waals surface area contributed by atoms with E-state index in [9.17, 15) is 0 Å². The number of hydrogen-bond donors (Lipinski definition) is 0. The first-order chi connectivity index (χ1) is 26.9. The number of rotatable bonds is 8. The van der Waals surface area contributed by atoms with E-state index in [1.807, 2.05) is 36.5 Å². The molecule has 2 aliphatic carbocycles. The van der Waals surface area contributed by atoms with Crippen molar-refractivity contribution in [1.29, 1.82) is 0 Å². The Morgan fingerprint density at radius 2 is 1.39 bits per heavy atom. The van der Waals surface area contributed by atoms with Gasteiger partial charge in [-0.05, 0) is 58.8 Å². The predicted molar refractivity (Wildman–Crippen MR) is 233 cm³/mol. The van der Waals surface area contributed by atoms with Crippen molar-refractivity contribution < 1.29 is 24.5 Å². The summed E-state index contributed by atoms with van der Waals surface area (Å²) < 4.78 is 6.42. The van der Waals surface area contributed by atoms with E-state index in [2.05, 4.69) is 111 Å². The molecule has 0 aliphatic heterocycles. The standard InChI is InChI=1S/C30H26NO.C21H28NSi.Ir/c1-3-9-21(10-4-1)19-22-17-18-31-27(20-22)25-16-15-24(23-11-5-2-6-12-23)29-26-13-7-8-14-28(26)32-30(25)29;1-23(2,3)21-16-22-20(18-12-8-5-9-13-18)15-19(21)14-17-10-6-4-7-11-17;/h2,5-8,11-15,17-18,20-21H,1,3-4,9-10,19H2;5,8-9,12,15-17H,4,6-7,10-11,14H2,1-3H3;/q2*-1;. The van der Waals surface area contributed by atoms with Crippen LogP contribution in [0.25, 0.3) is 55.6 Å². The topological polar surface area (TPSA) is 38.9 Å². The summed E-state index contributed by atoms with van der Waals surface area (Å²) in [4.78, 5) is 9.51. The third-order valence-corrected chi connectivity index (χ3v) is 13.9. The van der Waals surface area contributed by atoms with Crippen LogP contribution in [0.3, 0.4) is 0 Å². The molecular weight excluding hydrogens is 877 g/mol. The second-order valence-corrected chi connectivity index (χ2v) is 22.0. The van der Waals surface area contributed by atoms with Crippen molar-refractivity contribution in [2.24, 2.45) is 11.8 Å². The second-order valence-electron chi connectivity index (χ2n) is 17.0. The average Bonchev–Trinajstić information content (AvgIpc) is 3.62. The molecule has 0 amide bonds. The van der Waals surface area contributed by atoms with Crippen LogP contribution in [0.15, 0.2) is 120 Å². The molecule has 0 N–H and O–H groups in total. The molecule has 0 atom stereocenters. The van der Waals surface area contributed by atoms with Crippen molar-refractivity contribution in [3.05, 3.63) is 139 Å². The summed E-state index contributed by atoms with van der Waals surface area (Å²) in [5, 5.41) is 3.82. The van der Waals surface area contributed by atoms with Crippen LogP contribution < -0.4 is 5.19 Å². The van der Waals surface area contributed by atoms with E-state index in [4.69, 9.17) is 14.4 Å². The maximum Gasteiger partial charge on any atom is 0.120 e. The number of nitrogens with zero attached hydrogens (tertiary/aromatic N) is 2. The zero-order chi connectivity index (χ0) is 37.6. The van der Waals surface area contributed by atoms with Gasteiger partial charge in [0.25, 0.3) is 0 Å². The first kappa shape index (κ1) is 40.1. The molecule has 289 valence electrons. The molecule has 2 saturated carbocycles. The van der Waals surface area contributed by atoms with Crippen LogP contribution >= 0.6 is 0 Å². The number of benzene rings is 4. The van der Waals surface area contributed by atoms with Gasteiger partial charge < -0.3 is 14.4 Å². The molecule has 3 nitrogen and oxygen atoms in total. The molecular formula is C51H54IrN2OSi-2. The summed E-state index contributed by atoms with van der Waals surface area (Å²) in [6.07, 6.45) is 20.4. The van der Waals surface area contributed by atoms with Gasteiger partial charge >= 0.3 is 0 Å². The normalized spacial score (nSPS) is 15.3.